The van der Waals surface area contributed by atoms with E-state index in [9.17, 15) is 0 Å². The quantitative estimate of drug-likeness (QED) is 0.811. The topological polar surface area (TPSA) is 38.0 Å². The molecule has 0 saturated heterocycles. The van der Waals surface area contributed by atoms with Gasteiger partial charge in [-0.1, -0.05) is 11.6 Å². The molecule has 0 aliphatic heterocycles. The molecule has 0 aromatic heterocycles. The van der Waals surface area contributed by atoms with E-state index in [-0.39, 0.29) is 0 Å². The number of benzene rings is 1. The zero-order chi connectivity index (χ0) is 10.7. The molecule has 82 valence electrons. The van der Waals surface area contributed by atoms with Crippen LogP contribution in [0.5, 0.6) is 0 Å². The van der Waals surface area contributed by atoms with Crippen LogP contribution in [0.15, 0.2) is 24.3 Å². The van der Waals surface area contributed by atoms with Crippen LogP contribution >= 0.6 is 11.6 Å². The van der Waals surface area contributed by atoms with Crippen LogP contribution in [-0.4, -0.2) is 12.1 Å². The summed E-state index contributed by atoms with van der Waals surface area (Å²) in [4.78, 5) is 0. The average Bonchev–Trinajstić information content (AvgIpc) is 2.22. The summed E-state index contributed by atoms with van der Waals surface area (Å²) < 4.78 is 0. The zero-order valence-electron chi connectivity index (χ0n) is 8.75. The van der Waals surface area contributed by atoms with Gasteiger partial charge in [-0.3, -0.25) is 0 Å². The van der Waals surface area contributed by atoms with Gasteiger partial charge in [0.05, 0.1) is 0 Å². The summed E-state index contributed by atoms with van der Waals surface area (Å²) in [5.74, 6) is 0. The SMILES string of the molecule is NC1CCCC(Nc2ccc(Cl)cc2)C1. The highest BCUT2D eigenvalue weighted by Gasteiger charge is 2.18. The number of rotatable bonds is 2. The molecule has 0 heterocycles. The Labute approximate surface area is 95.8 Å². The summed E-state index contributed by atoms with van der Waals surface area (Å²) in [6.45, 7) is 0. The van der Waals surface area contributed by atoms with Gasteiger partial charge in [-0.05, 0) is 49.9 Å². The third-order valence-electron chi connectivity index (χ3n) is 2.93. The fourth-order valence-corrected chi connectivity index (χ4v) is 2.27. The van der Waals surface area contributed by atoms with Gasteiger partial charge in [0.15, 0.2) is 0 Å². The molecule has 2 nitrogen and oxygen atoms in total. The van der Waals surface area contributed by atoms with Crippen molar-refractivity contribution in [2.75, 3.05) is 5.32 Å². The third kappa shape index (κ3) is 3.11. The van der Waals surface area contributed by atoms with Crippen molar-refractivity contribution in [1.82, 2.24) is 0 Å². The fourth-order valence-electron chi connectivity index (χ4n) is 2.14. The molecule has 3 N–H and O–H groups in total. The Balaban J connectivity index is 1.93. The summed E-state index contributed by atoms with van der Waals surface area (Å²) in [5.41, 5.74) is 7.08. The maximum absolute atomic E-state index is 5.94. The lowest BCUT2D eigenvalue weighted by Crippen LogP contribution is -2.34. The smallest absolute Gasteiger partial charge is 0.0407 e. The molecule has 2 atom stereocenters. The first-order chi connectivity index (χ1) is 7.24. The van der Waals surface area contributed by atoms with E-state index >= 15 is 0 Å². The van der Waals surface area contributed by atoms with Gasteiger partial charge in [-0.15, -0.1) is 0 Å². The molecule has 0 radical (unpaired) electrons. The van der Waals surface area contributed by atoms with Gasteiger partial charge in [0.2, 0.25) is 0 Å². The minimum atomic E-state index is 0.364. The Morgan fingerprint density at radius 3 is 2.60 bits per heavy atom. The Morgan fingerprint density at radius 2 is 1.93 bits per heavy atom. The summed E-state index contributed by atoms with van der Waals surface area (Å²) in [6, 6.07) is 8.74. The van der Waals surface area contributed by atoms with Crippen molar-refractivity contribution in [1.29, 1.82) is 0 Å². The molecule has 1 aliphatic carbocycles. The molecule has 15 heavy (non-hydrogen) atoms. The van der Waals surface area contributed by atoms with Crippen LogP contribution in [-0.2, 0) is 0 Å². The first kappa shape index (κ1) is 10.8. The predicted octanol–water partition coefficient (Wildman–Crippen LogP) is 3.02. The van der Waals surface area contributed by atoms with Gasteiger partial charge in [0, 0.05) is 22.8 Å². The second kappa shape index (κ2) is 4.86. The monoisotopic (exact) mass is 224 g/mol. The van der Waals surface area contributed by atoms with Crippen LogP contribution < -0.4 is 11.1 Å². The van der Waals surface area contributed by atoms with Crippen LogP contribution in [0.3, 0.4) is 0 Å². The van der Waals surface area contributed by atoms with Crippen LogP contribution in [0.2, 0.25) is 5.02 Å². The number of nitrogens with one attached hydrogen (secondary N) is 1. The predicted molar refractivity (Wildman–Crippen MR) is 65.3 cm³/mol. The van der Waals surface area contributed by atoms with E-state index in [4.69, 9.17) is 17.3 Å². The number of nitrogens with two attached hydrogens (primary N) is 1. The van der Waals surface area contributed by atoms with Gasteiger partial charge < -0.3 is 11.1 Å². The molecular formula is C12H17ClN2. The molecule has 0 bridgehead atoms. The van der Waals surface area contributed by atoms with Crippen LogP contribution in [0.25, 0.3) is 0 Å². The second-order valence-corrected chi connectivity index (χ2v) is 4.71. The molecule has 2 unspecified atom stereocenters. The third-order valence-corrected chi connectivity index (χ3v) is 3.18. The first-order valence-electron chi connectivity index (χ1n) is 5.52. The number of anilines is 1. The van der Waals surface area contributed by atoms with E-state index in [1.807, 2.05) is 24.3 Å². The molecule has 1 aromatic carbocycles. The van der Waals surface area contributed by atoms with Crippen LogP contribution in [0.4, 0.5) is 5.69 Å². The Hall–Kier alpha value is -0.730. The van der Waals surface area contributed by atoms with E-state index in [1.165, 1.54) is 19.3 Å². The highest BCUT2D eigenvalue weighted by molar-refractivity contribution is 6.30. The minimum absolute atomic E-state index is 0.364. The minimum Gasteiger partial charge on any atom is -0.382 e. The molecule has 3 heteroatoms. The normalized spacial score (nSPS) is 26.3. The maximum Gasteiger partial charge on any atom is 0.0407 e. The number of hydrogen-bond donors (Lipinski definition) is 2. The van der Waals surface area contributed by atoms with Gasteiger partial charge in [0.1, 0.15) is 0 Å². The molecule has 1 aromatic rings. The van der Waals surface area contributed by atoms with Crippen molar-refractivity contribution in [2.24, 2.45) is 5.73 Å². The average molecular weight is 225 g/mol. The van der Waals surface area contributed by atoms with Crippen molar-refractivity contribution < 1.29 is 0 Å². The highest BCUT2D eigenvalue weighted by atomic mass is 35.5. The lowest BCUT2D eigenvalue weighted by atomic mass is 9.91. The Bertz CT molecular complexity index is 310. The van der Waals surface area contributed by atoms with Crippen molar-refractivity contribution in [3.63, 3.8) is 0 Å². The van der Waals surface area contributed by atoms with Gasteiger partial charge in [-0.2, -0.15) is 0 Å². The Morgan fingerprint density at radius 1 is 1.20 bits per heavy atom. The largest absolute Gasteiger partial charge is 0.382 e. The van der Waals surface area contributed by atoms with Crippen molar-refractivity contribution in [2.45, 2.75) is 37.8 Å². The van der Waals surface area contributed by atoms with E-state index in [0.717, 1.165) is 17.1 Å². The van der Waals surface area contributed by atoms with Gasteiger partial charge in [0.25, 0.3) is 0 Å². The molecule has 1 fully saturated rings. The first-order valence-corrected chi connectivity index (χ1v) is 5.89. The van der Waals surface area contributed by atoms with Crippen molar-refractivity contribution in [3.05, 3.63) is 29.3 Å². The summed E-state index contributed by atoms with van der Waals surface area (Å²) in [7, 11) is 0. The molecule has 0 amide bonds. The summed E-state index contributed by atoms with van der Waals surface area (Å²) in [5, 5.41) is 4.28. The molecular weight excluding hydrogens is 208 g/mol. The van der Waals surface area contributed by atoms with E-state index in [2.05, 4.69) is 5.32 Å². The molecule has 0 spiro atoms. The summed E-state index contributed by atoms with van der Waals surface area (Å²) in [6.07, 6.45) is 4.68. The molecule has 1 aliphatic rings. The van der Waals surface area contributed by atoms with E-state index in [0.29, 0.717) is 12.1 Å². The highest BCUT2D eigenvalue weighted by Crippen LogP contribution is 2.22. The number of hydrogen-bond acceptors (Lipinski definition) is 2. The van der Waals surface area contributed by atoms with E-state index in [1.54, 1.807) is 0 Å². The maximum atomic E-state index is 5.94. The fraction of sp³-hybridized carbons (Fsp3) is 0.500. The zero-order valence-corrected chi connectivity index (χ0v) is 9.50. The second-order valence-electron chi connectivity index (χ2n) is 4.27. The standard InChI is InChI=1S/C12H17ClN2/c13-9-4-6-11(7-5-9)15-12-3-1-2-10(14)8-12/h4-7,10,12,15H,1-3,8,14H2. The molecule has 2 rings (SSSR count). The van der Waals surface area contributed by atoms with Crippen molar-refractivity contribution >= 4 is 17.3 Å². The molecule has 1 saturated carbocycles. The summed E-state index contributed by atoms with van der Waals surface area (Å²) >= 11 is 5.83. The van der Waals surface area contributed by atoms with Gasteiger partial charge in [-0.25, -0.2) is 0 Å². The van der Waals surface area contributed by atoms with E-state index < -0.39 is 0 Å². The van der Waals surface area contributed by atoms with Crippen LogP contribution in [0, 0.1) is 0 Å². The van der Waals surface area contributed by atoms with Crippen molar-refractivity contribution in [3.8, 4) is 0 Å². The van der Waals surface area contributed by atoms with Crippen LogP contribution in [0.1, 0.15) is 25.7 Å². The number of halogens is 1. The van der Waals surface area contributed by atoms with Gasteiger partial charge >= 0.3 is 0 Å². The lowest BCUT2D eigenvalue weighted by Gasteiger charge is -2.28. The Kier molecular flexibility index (Phi) is 3.49. The lowest BCUT2D eigenvalue weighted by molar-refractivity contribution is 0.409.